The maximum atomic E-state index is 6.83. The molecule has 1 aromatic heterocycles. The van der Waals surface area contributed by atoms with Gasteiger partial charge in [0.05, 0.1) is 28.4 Å². The predicted molar refractivity (Wildman–Crippen MR) is 246 cm³/mol. The Morgan fingerprint density at radius 3 is 1.92 bits per heavy atom. The average Bonchev–Trinajstić information content (AvgIpc) is 3.61. The molecule has 5 nitrogen and oxygen atoms in total. The van der Waals surface area contributed by atoms with Gasteiger partial charge in [0.25, 0.3) is 0 Å². The zero-order valence-electron chi connectivity index (χ0n) is 33.3. The molecule has 0 saturated carbocycles. The van der Waals surface area contributed by atoms with Crippen molar-refractivity contribution in [2.24, 2.45) is 0 Å². The molecule has 2 aliphatic rings. The van der Waals surface area contributed by atoms with Crippen LogP contribution in [0.5, 0.6) is 11.5 Å². The Bertz CT molecular complexity index is 3090. The van der Waals surface area contributed by atoms with Crippen LogP contribution in [0.25, 0.3) is 43.8 Å². The first-order valence-electron chi connectivity index (χ1n) is 20.3. The monoisotopic (exact) mass is 762 g/mol. The highest BCUT2D eigenvalue weighted by Crippen LogP contribution is 2.52. The van der Waals surface area contributed by atoms with Crippen LogP contribution in [0.4, 0.5) is 39.9 Å². The normalized spacial score (nSPS) is 13.2. The van der Waals surface area contributed by atoms with Gasteiger partial charge in [0.1, 0.15) is 24.0 Å². The molecule has 0 radical (unpaired) electrons. The van der Waals surface area contributed by atoms with E-state index in [1.165, 1.54) is 49.6 Å². The second-order valence-corrected chi connectivity index (χ2v) is 16.5. The first-order chi connectivity index (χ1) is 28.9. The molecule has 2 aliphatic heterocycles. The Kier molecular flexibility index (Phi) is 8.05. The largest absolute Gasteiger partial charge is 0.457 e. The van der Waals surface area contributed by atoms with Gasteiger partial charge < -0.3 is 14.5 Å². The number of para-hydroxylation sites is 3. The smallest absolute Gasteiger partial charge is 0.137 e. The van der Waals surface area contributed by atoms with E-state index in [1.807, 2.05) is 12.3 Å². The standard InChI is InChI=1S/C54H42N4O/c1-54(2,3)37-30-31-55-53(32-37)58-49-22-9-8-20-45(49)43-18-6-7-19-44(43)47-29-27-40(34-52(47)58)59-39-16-12-15-38(33-39)56-35-57(51-24-11-10-23-50(51)56)48-25-13-21-42-41-17-5-4-14-36(41)26-28-46(42)48/h4-34H,35H2,1-3H3. The highest BCUT2D eigenvalue weighted by atomic mass is 16.5. The second-order valence-electron chi connectivity index (χ2n) is 16.5. The van der Waals surface area contributed by atoms with Gasteiger partial charge in [-0.3, -0.25) is 4.90 Å². The third-order valence-corrected chi connectivity index (χ3v) is 11.9. The third kappa shape index (κ3) is 5.89. The molecule has 0 amide bonds. The van der Waals surface area contributed by atoms with E-state index in [-0.39, 0.29) is 5.41 Å². The van der Waals surface area contributed by atoms with E-state index in [1.54, 1.807) is 0 Å². The van der Waals surface area contributed by atoms with Crippen LogP contribution >= 0.6 is 0 Å². The van der Waals surface area contributed by atoms with Crippen molar-refractivity contribution in [1.82, 2.24) is 4.98 Å². The van der Waals surface area contributed by atoms with Crippen LogP contribution in [0.2, 0.25) is 0 Å². The van der Waals surface area contributed by atoms with Crippen molar-refractivity contribution in [3.05, 3.63) is 194 Å². The van der Waals surface area contributed by atoms with E-state index in [2.05, 4.69) is 211 Å². The molecule has 9 aromatic rings. The van der Waals surface area contributed by atoms with Gasteiger partial charge in [0.15, 0.2) is 0 Å². The van der Waals surface area contributed by atoms with Crippen LogP contribution in [0.15, 0.2) is 188 Å². The Hall–Kier alpha value is -7.37. The van der Waals surface area contributed by atoms with Gasteiger partial charge in [0.2, 0.25) is 0 Å². The fraction of sp³-hybridized carbons (Fsp3) is 0.0926. The van der Waals surface area contributed by atoms with Gasteiger partial charge >= 0.3 is 0 Å². The number of pyridine rings is 1. The van der Waals surface area contributed by atoms with E-state index < -0.39 is 0 Å². The van der Waals surface area contributed by atoms with Crippen LogP contribution in [0.1, 0.15) is 26.3 Å². The molecular weight excluding hydrogens is 721 g/mol. The summed E-state index contributed by atoms with van der Waals surface area (Å²) >= 11 is 0. The predicted octanol–water partition coefficient (Wildman–Crippen LogP) is 14.8. The minimum absolute atomic E-state index is 0.0402. The van der Waals surface area contributed by atoms with Crippen LogP contribution in [-0.2, 0) is 5.41 Å². The summed E-state index contributed by atoms with van der Waals surface area (Å²) in [5, 5.41) is 5.02. The summed E-state index contributed by atoms with van der Waals surface area (Å²) < 4.78 is 6.83. The fourth-order valence-electron chi connectivity index (χ4n) is 8.97. The van der Waals surface area contributed by atoms with E-state index in [9.17, 15) is 0 Å². The molecule has 0 spiro atoms. The van der Waals surface area contributed by atoms with E-state index in [4.69, 9.17) is 9.72 Å². The van der Waals surface area contributed by atoms with Crippen molar-refractivity contribution in [3.8, 4) is 33.8 Å². The zero-order valence-corrected chi connectivity index (χ0v) is 33.3. The molecule has 0 atom stereocenters. The van der Waals surface area contributed by atoms with E-state index in [0.29, 0.717) is 6.67 Å². The Morgan fingerprint density at radius 1 is 0.458 bits per heavy atom. The molecule has 0 N–H and O–H groups in total. The topological polar surface area (TPSA) is 31.8 Å². The fourth-order valence-corrected chi connectivity index (χ4v) is 8.97. The lowest BCUT2D eigenvalue weighted by molar-refractivity contribution is 0.483. The number of fused-ring (bicyclic) bond motifs is 9. The minimum Gasteiger partial charge on any atom is -0.457 e. The van der Waals surface area contributed by atoms with Gasteiger partial charge in [-0.25, -0.2) is 4.98 Å². The quantitative estimate of drug-likeness (QED) is 0.163. The number of rotatable bonds is 5. The molecule has 284 valence electrons. The minimum atomic E-state index is -0.0402. The summed E-state index contributed by atoms with van der Waals surface area (Å²) in [7, 11) is 0. The first kappa shape index (κ1) is 34.8. The lowest BCUT2D eigenvalue weighted by Gasteiger charge is -2.28. The molecule has 0 aliphatic carbocycles. The molecule has 0 fully saturated rings. The molecule has 0 bridgehead atoms. The number of nitrogens with zero attached hydrogens (tertiary/aromatic N) is 4. The Morgan fingerprint density at radius 2 is 1.10 bits per heavy atom. The summed E-state index contributed by atoms with van der Waals surface area (Å²) in [5.74, 6) is 2.39. The number of ether oxygens (including phenoxy) is 1. The lowest BCUT2D eigenvalue weighted by Crippen LogP contribution is -2.24. The molecule has 3 heterocycles. The molecule has 59 heavy (non-hydrogen) atoms. The molecular formula is C54H42N4O. The molecule has 11 rings (SSSR count). The SMILES string of the molecule is CC(C)(C)c1ccnc(N2c3ccccc3-c3ccccc3-c3ccc(Oc4cccc(N5CN(c6cccc7c6ccc6ccccc67)c6ccccc65)c4)cc32)c1. The Balaban J connectivity index is 0.979. The van der Waals surface area contributed by atoms with Gasteiger partial charge in [0, 0.05) is 40.5 Å². The van der Waals surface area contributed by atoms with Crippen molar-refractivity contribution < 1.29 is 4.74 Å². The van der Waals surface area contributed by atoms with Gasteiger partial charge in [-0.2, -0.15) is 0 Å². The summed E-state index contributed by atoms with van der Waals surface area (Å²) in [4.78, 5) is 12.1. The van der Waals surface area contributed by atoms with Gasteiger partial charge in [-0.05, 0) is 98.9 Å². The number of aromatic nitrogens is 1. The van der Waals surface area contributed by atoms with Gasteiger partial charge in [-0.15, -0.1) is 0 Å². The molecule has 0 unspecified atom stereocenters. The molecule has 0 saturated heterocycles. The van der Waals surface area contributed by atoms with E-state index >= 15 is 0 Å². The Labute approximate surface area is 345 Å². The van der Waals surface area contributed by atoms with Crippen molar-refractivity contribution in [2.75, 3.05) is 21.4 Å². The number of benzene rings is 8. The third-order valence-electron chi connectivity index (χ3n) is 11.9. The second kappa shape index (κ2) is 13.6. The van der Waals surface area contributed by atoms with Crippen LogP contribution in [-0.4, -0.2) is 11.7 Å². The summed E-state index contributed by atoms with van der Waals surface area (Å²) in [6.07, 6.45) is 1.93. The van der Waals surface area contributed by atoms with Crippen LogP contribution < -0.4 is 19.4 Å². The van der Waals surface area contributed by atoms with Crippen molar-refractivity contribution in [1.29, 1.82) is 0 Å². The van der Waals surface area contributed by atoms with Crippen molar-refractivity contribution >= 4 is 61.5 Å². The summed E-state index contributed by atoms with van der Waals surface area (Å²) in [5.41, 5.74) is 12.5. The maximum Gasteiger partial charge on any atom is 0.137 e. The number of anilines is 7. The highest BCUT2D eigenvalue weighted by Gasteiger charge is 2.30. The number of hydrogen-bond donors (Lipinski definition) is 0. The van der Waals surface area contributed by atoms with Crippen LogP contribution in [0, 0.1) is 0 Å². The average molecular weight is 763 g/mol. The maximum absolute atomic E-state index is 6.83. The van der Waals surface area contributed by atoms with Gasteiger partial charge in [-0.1, -0.05) is 130 Å². The summed E-state index contributed by atoms with van der Waals surface area (Å²) in [6.45, 7) is 7.41. The molecule has 5 heteroatoms. The van der Waals surface area contributed by atoms with E-state index in [0.717, 1.165) is 51.2 Å². The van der Waals surface area contributed by atoms with Crippen molar-refractivity contribution in [2.45, 2.75) is 26.2 Å². The lowest BCUT2D eigenvalue weighted by atomic mass is 9.87. The number of hydrogen-bond acceptors (Lipinski definition) is 5. The summed E-state index contributed by atoms with van der Waals surface area (Å²) in [6, 6.07) is 65.0. The first-order valence-corrected chi connectivity index (χ1v) is 20.3. The highest BCUT2D eigenvalue weighted by molar-refractivity contribution is 6.12. The molecule has 8 aromatic carbocycles. The van der Waals surface area contributed by atoms with Crippen LogP contribution in [0.3, 0.4) is 0 Å². The van der Waals surface area contributed by atoms with Crippen molar-refractivity contribution in [3.63, 3.8) is 0 Å². The zero-order chi connectivity index (χ0) is 39.7.